The smallest absolute Gasteiger partial charge is 0.0413 e. The molecule has 108 valence electrons. The average molecular weight is 301 g/mol. The van der Waals surface area contributed by atoms with E-state index in [2.05, 4.69) is 49.5 Å². The second-order valence-electron chi connectivity index (χ2n) is 4.68. The van der Waals surface area contributed by atoms with E-state index in [4.69, 9.17) is 11.6 Å². The molecule has 0 heterocycles. The van der Waals surface area contributed by atoms with E-state index in [0.717, 1.165) is 30.3 Å². The van der Waals surface area contributed by atoms with Crippen molar-refractivity contribution in [1.29, 1.82) is 0 Å². The molecular weight excluding hydrogens is 276 g/mol. The number of hydrogen-bond acceptors (Lipinski definition) is 3. The fourth-order valence-electron chi connectivity index (χ4n) is 2.19. The van der Waals surface area contributed by atoms with Crippen LogP contribution in [0.15, 0.2) is 18.2 Å². The zero-order chi connectivity index (χ0) is 14.3. The van der Waals surface area contributed by atoms with Gasteiger partial charge in [0, 0.05) is 36.1 Å². The van der Waals surface area contributed by atoms with E-state index in [9.17, 15) is 0 Å². The second kappa shape index (κ2) is 8.72. The number of nitrogens with one attached hydrogen (secondary N) is 1. The maximum Gasteiger partial charge on any atom is 0.0413 e. The number of halogens is 1. The summed E-state index contributed by atoms with van der Waals surface area (Å²) in [6.45, 7) is 6.21. The van der Waals surface area contributed by atoms with Crippen LogP contribution in [0.3, 0.4) is 0 Å². The average Bonchev–Trinajstić information content (AvgIpc) is 2.42. The second-order valence-corrected chi connectivity index (χ2v) is 6.03. The lowest BCUT2D eigenvalue weighted by molar-refractivity contribution is 0.663. The number of rotatable bonds is 8. The predicted molar refractivity (Wildman–Crippen MR) is 89.7 cm³/mol. The van der Waals surface area contributed by atoms with Gasteiger partial charge in [0.1, 0.15) is 0 Å². The monoisotopic (exact) mass is 300 g/mol. The minimum Gasteiger partial charge on any atom is -0.371 e. The van der Waals surface area contributed by atoms with Gasteiger partial charge in [-0.25, -0.2) is 0 Å². The quantitative estimate of drug-likeness (QED) is 0.780. The van der Waals surface area contributed by atoms with Crippen LogP contribution in [0.1, 0.15) is 25.8 Å². The Morgan fingerprint density at radius 3 is 2.68 bits per heavy atom. The van der Waals surface area contributed by atoms with Crippen LogP contribution in [0.25, 0.3) is 0 Å². The van der Waals surface area contributed by atoms with Crippen LogP contribution in [0.4, 0.5) is 5.69 Å². The third-order valence-electron chi connectivity index (χ3n) is 3.37. The molecule has 1 unspecified atom stereocenters. The molecule has 0 bridgehead atoms. The van der Waals surface area contributed by atoms with Crippen molar-refractivity contribution in [3.05, 3.63) is 28.8 Å². The minimum atomic E-state index is 0.566. The van der Waals surface area contributed by atoms with E-state index < -0.39 is 0 Å². The summed E-state index contributed by atoms with van der Waals surface area (Å²) >= 11 is 8.03. The Morgan fingerprint density at radius 2 is 2.11 bits per heavy atom. The first-order chi connectivity index (χ1) is 9.13. The van der Waals surface area contributed by atoms with Gasteiger partial charge in [-0.05, 0) is 43.0 Å². The molecule has 19 heavy (non-hydrogen) atoms. The van der Waals surface area contributed by atoms with Crippen LogP contribution in [0, 0.1) is 0 Å². The van der Waals surface area contributed by atoms with E-state index in [1.54, 1.807) is 0 Å². The molecule has 0 aliphatic rings. The standard InChI is InChI=1S/C15H25ClN2S/c1-5-14(11-19-4)18(3)15-8-7-13(16)9-12(15)10-17-6-2/h7-9,14,17H,5-6,10-11H2,1-4H3. The van der Waals surface area contributed by atoms with E-state index in [1.165, 1.54) is 11.3 Å². The third-order valence-corrected chi connectivity index (χ3v) is 4.32. The maximum atomic E-state index is 6.12. The largest absolute Gasteiger partial charge is 0.371 e. The number of hydrogen-bond donors (Lipinski definition) is 1. The van der Waals surface area contributed by atoms with Gasteiger partial charge in [-0.1, -0.05) is 25.4 Å². The normalized spacial score (nSPS) is 12.5. The molecule has 1 rings (SSSR count). The lowest BCUT2D eigenvalue weighted by atomic mass is 10.1. The summed E-state index contributed by atoms with van der Waals surface area (Å²) in [4.78, 5) is 2.39. The molecule has 0 amide bonds. The third kappa shape index (κ3) is 4.90. The first-order valence-electron chi connectivity index (χ1n) is 6.84. The number of thioether (sulfide) groups is 1. The Balaban J connectivity index is 2.96. The SMILES string of the molecule is CCNCc1cc(Cl)ccc1N(C)C(CC)CSC. The van der Waals surface area contributed by atoms with Crippen molar-refractivity contribution in [2.45, 2.75) is 32.9 Å². The summed E-state index contributed by atoms with van der Waals surface area (Å²) in [7, 11) is 2.18. The number of anilines is 1. The van der Waals surface area contributed by atoms with Gasteiger partial charge in [0.15, 0.2) is 0 Å². The molecule has 1 aromatic rings. The Labute approximate surface area is 126 Å². The van der Waals surface area contributed by atoms with Crippen LogP contribution >= 0.6 is 23.4 Å². The van der Waals surface area contributed by atoms with Crippen molar-refractivity contribution >= 4 is 29.1 Å². The highest BCUT2D eigenvalue weighted by molar-refractivity contribution is 7.98. The molecule has 1 atom stereocenters. The summed E-state index contributed by atoms with van der Waals surface area (Å²) in [5.74, 6) is 1.15. The minimum absolute atomic E-state index is 0.566. The molecular formula is C15H25ClN2S. The fourth-order valence-corrected chi connectivity index (χ4v) is 3.23. The van der Waals surface area contributed by atoms with Gasteiger partial charge in [-0.3, -0.25) is 0 Å². The molecule has 0 aromatic heterocycles. The van der Waals surface area contributed by atoms with Crippen molar-refractivity contribution in [2.75, 3.05) is 30.5 Å². The van der Waals surface area contributed by atoms with Gasteiger partial charge < -0.3 is 10.2 Å². The first-order valence-corrected chi connectivity index (χ1v) is 8.62. The van der Waals surface area contributed by atoms with Gasteiger partial charge in [-0.2, -0.15) is 11.8 Å². The zero-order valence-corrected chi connectivity index (χ0v) is 13.9. The molecule has 2 nitrogen and oxygen atoms in total. The zero-order valence-electron chi connectivity index (χ0n) is 12.4. The highest BCUT2D eigenvalue weighted by Gasteiger charge is 2.15. The Morgan fingerprint density at radius 1 is 1.37 bits per heavy atom. The number of benzene rings is 1. The van der Waals surface area contributed by atoms with Crippen molar-refractivity contribution in [3.63, 3.8) is 0 Å². The van der Waals surface area contributed by atoms with Crippen molar-refractivity contribution in [2.24, 2.45) is 0 Å². The van der Waals surface area contributed by atoms with Crippen LogP contribution in [-0.4, -0.2) is 31.6 Å². The van der Waals surface area contributed by atoms with Crippen LogP contribution in [0.2, 0.25) is 5.02 Å². The van der Waals surface area contributed by atoms with Gasteiger partial charge in [0.25, 0.3) is 0 Å². The topological polar surface area (TPSA) is 15.3 Å². The molecule has 1 aromatic carbocycles. The molecule has 0 radical (unpaired) electrons. The van der Waals surface area contributed by atoms with Crippen LogP contribution < -0.4 is 10.2 Å². The van der Waals surface area contributed by atoms with Crippen molar-refractivity contribution in [3.8, 4) is 0 Å². The molecule has 0 spiro atoms. The molecule has 0 fully saturated rings. The molecule has 0 aliphatic carbocycles. The van der Waals surface area contributed by atoms with E-state index in [-0.39, 0.29) is 0 Å². The maximum absolute atomic E-state index is 6.12. The summed E-state index contributed by atoms with van der Waals surface area (Å²) in [5, 5.41) is 4.19. The molecule has 0 saturated carbocycles. The first kappa shape index (κ1) is 16.7. The van der Waals surface area contributed by atoms with E-state index >= 15 is 0 Å². The summed E-state index contributed by atoms with van der Waals surface area (Å²) in [5.41, 5.74) is 2.56. The van der Waals surface area contributed by atoms with E-state index in [0.29, 0.717) is 6.04 Å². The van der Waals surface area contributed by atoms with Gasteiger partial charge in [-0.15, -0.1) is 0 Å². The van der Waals surface area contributed by atoms with Gasteiger partial charge >= 0.3 is 0 Å². The lowest BCUT2D eigenvalue weighted by Gasteiger charge is -2.31. The van der Waals surface area contributed by atoms with E-state index in [1.807, 2.05) is 17.8 Å². The number of nitrogens with zero attached hydrogens (tertiary/aromatic N) is 1. The molecule has 0 saturated heterocycles. The summed E-state index contributed by atoms with van der Waals surface area (Å²) in [6.07, 6.45) is 3.32. The fraction of sp³-hybridized carbons (Fsp3) is 0.600. The Bertz CT molecular complexity index is 384. The van der Waals surface area contributed by atoms with Gasteiger partial charge in [0.05, 0.1) is 0 Å². The highest BCUT2D eigenvalue weighted by Crippen LogP contribution is 2.26. The van der Waals surface area contributed by atoms with Crippen LogP contribution in [0.5, 0.6) is 0 Å². The molecule has 4 heteroatoms. The van der Waals surface area contributed by atoms with Crippen molar-refractivity contribution < 1.29 is 0 Å². The molecule has 1 N–H and O–H groups in total. The van der Waals surface area contributed by atoms with Gasteiger partial charge in [0.2, 0.25) is 0 Å². The predicted octanol–water partition coefficient (Wildman–Crippen LogP) is 4.03. The Hall–Kier alpha value is -0.380. The van der Waals surface area contributed by atoms with Crippen LogP contribution in [-0.2, 0) is 6.54 Å². The molecule has 0 aliphatic heterocycles. The Kier molecular flexibility index (Phi) is 7.66. The highest BCUT2D eigenvalue weighted by atomic mass is 35.5. The lowest BCUT2D eigenvalue weighted by Crippen LogP contribution is -2.34. The van der Waals surface area contributed by atoms with Crippen molar-refractivity contribution in [1.82, 2.24) is 5.32 Å². The summed E-state index contributed by atoms with van der Waals surface area (Å²) in [6, 6.07) is 6.76. The summed E-state index contributed by atoms with van der Waals surface area (Å²) < 4.78 is 0.